The SMILES string of the molecule is CCCCS(=O)(=O)Nc1ccc(Cl)c(Br)c1. The van der Waals surface area contributed by atoms with Crippen molar-refractivity contribution in [1.82, 2.24) is 0 Å². The molecule has 1 rings (SSSR count). The van der Waals surface area contributed by atoms with Crippen LogP contribution in [0.25, 0.3) is 0 Å². The van der Waals surface area contributed by atoms with Gasteiger partial charge in [-0.3, -0.25) is 4.72 Å². The minimum atomic E-state index is -3.24. The molecule has 0 aliphatic rings. The van der Waals surface area contributed by atoms with E-state index in [0.29, 0.717) is 21.6 Å². The monoisotopic (exact) mass is 325 g/mol. The Morgan fingerprint density at radius 3 is 2.69 bits per heavy atom. The number of unbranched alkanes of at least 4 members (excludes halogenated alkanes) is 1. The Hall–Kier alpha value is -0.260. The Balaban J connectivity index is 2.76. The van der Waals surface area contributed by atoms with E-state index < -0.39 is 10.0 Å². The molecular formula is C10H13BrClNO2S. The molecule has 1 aromatic carbocycles. The Kier molecular flexibility index (Phi) is 5.08. The van der Waals surface area contributed by atoms with Gasteiger partial charge in [0.1, 0.15) is 0 Å². The van der Waals surface area contributed by atoms with Gasteiger partial charge in [0, 0.05) is 10.2 Å². The fourth-order valence-electron chi connectivity index (χ4n) is 1.12. The van der Waals surface area contributed by atoms with Gasteiger partial charge in [0.15, 0.2) is 0 Å². The van der Waals surface area contributed by atoms with E-state index in [0.717, 1.165) is 6.42 Å². The van der Waals surface area contributed by atoms with E-state index in [4.69, 9.17) is 11.6 Å². The van der Waals surface area contributed by atoms with E-state index >= 15 is 0 Å². The van der Waals surface area contributed by atoms with Crippen LogP contribution in [-0.2, 0) is 10.0 Å². The molecule has 3 nitrogen and oxygen atoms in total. The molecule has 0 aliphatic heterocycles. The summed E-state index contributed by atoms with van der Waals surface area (Å²) in [4.78, 5) is 0. The number of hydrogen-bond donors (Lipinski definition) is 1. The lowest BCUT2D eigenvalue weighted by atomic mass is 10.3. The lowest BCUT2D eigenvalue weighted by Crippen LogP contribution is -2.16. The van der Waals surface area contributed by atoms with Crippen molar-refractivity contribution in [1.29, 1.82) is 0 Å². The van der Waals surface area contributed by atoms with Crippen LogP contribution in [0.3, 0.4) is 0 Å². The van der Waals surface area contributed by atoms with Gasteiger partial charge < -0.3 is 0 Å². The van der Waals surface area contributed by atoms with Crippen LogP contribution in [0.15, 0.2) is 22.7 Å². The number of rotatable bonds is 5. The molecule has 0 atom stereocenters. The zero-order chi connectivity index (χ0) is 12.2. The maximum Gasteiger partial charge on any atom is 0.232 e. The summed E-state index contributed by atoms with van der Waals surface area (Å²) in [5.41, 5.74) is 0.521. The smallest absolute Gasteiger partial charge is 0.232 e. The van der Waals surface area contributed by atoms with Crippen molar-refractivity contribution in [2.75, 3.05) is 10.5 Å². The summed E-state index contributed by atoms with van der Waals surface area (Å²) in [6.45, 7) is 1.95. The van der Waals surface area contributed by atoms with E-state index in [2.05, 4.69) is 20.7 Å². The molecule has 0 amide bonds. The second-order valence-electron chi connectivity index (χ2n) is 3.40. The summed E-state index contributed by atoms with van der Waals surface area (Å²) < 4.78 is 26.4. The number of nitrogens with one attached hydrogen (secondary N) is 1. The van der Waals surface area contributed by atoms with Crippen LogP contribution in [0.4, 0.5) is 5.69 Å². The second-order valence-corrected chi connectivity index (χ2v) is 6.51. The first-order valence-electron chi connectivity index (χ1n) is 4.90. The number of sulfonamides is 1. The molecule has 0 saturated heterocycles. The highest BCUT2D eigenvalue weighted by atomic mass is 79.9. The summed E-state index contributed by atoms with van der Waals surface area (Å²) in [6, 6.07) is 4.92. The predicted molar refractivity (Wildman–Crippen MR) is 71.5 cm³/mol. The summed E-state index contributed by atoms with van der Waals surface area (Å²) in [5, 5.41) is 0.552. The maximum atomic E-state index is 11.6. The molecule has 1 aromatic rings. The van der Waals surface area contributed by atoms with Gasteiger partial charge in [-0.05, 0) is 40.5 Å². The fraction of sp³-hybridized carbons (Fsp3) is 0.400. The molecule has 16 heavy (non-hydrogen) atoms. The van der Waals surface area contributed by atoms with Crippen LogP contribution in [0, 0.1) is 0 Å². The van der Waals surface area contributed by atoms with Gasteiger partial charge in [-0.15, -0.1) is 0 Å². The molecule has 0 spiro atoms. The van der Waals surface area contributed by atoms with E-state index in [-0.39, 0.29) is 5.75 Å². The van der Waals surface area contributed by atoms with Crippen molar-refractivity contribution in [2.24, 2.45) is 0 Å². The molecule has 0 heterocycles. The maximum absolute atomic E-state index is 11.6. The molecular weight excluding hydrogens is 314 g/mol. The number of hydrogen-bond acceptors (Lipinski definition) is 2. The standard InChI is InChI=1S/C10H13BrClNO2S/c1-2-3-6-16(14,15)13-8-4-5-10(12)9(11)7-8/h4-5,7,13H,2-3,6H2,1H3. The van der Waals surface area contributed by atoms with Crippen LogP contribution < -0.4 is 4.72 Å². The average Bonchev–Trinajstić information content (AvgIpc) is 2.20. The third kappa shape index (κ3) is 4.31. The van der Waals surface area contributed by atoms with Gasteiger partial charge in [-0.2, -0.15) is 0 Å². The van der Waals surface area contributed by atoms with E-state index in [1.165, 1.54) is 0 Å². The number of benzene rings is 1. The zero-order valence-electron chi connectivity index (χ0n) is 8.83. The Bertz CT molecular complexity index is 462. The normalized spacial score (nSPS) is 11.4. The fourth-order valence-corrected chi connectivity index (χ4v) is 2.88. The van der Waals surface area contributed by atoms with Crippen molar-refractivity contribution < 1.29 is 8.42 Å². The van der Waals surface area contributed by atoms with Crippen molar-refractivity contribution in [3.8, 4) is 0 Å². The van der Waals surface area contributed by atoms with Crippen molar-refractivity contribution >= 4 is 43.2 Å². The first-order chi connectivity index (χ1) is 7.44. The molecule has 0 radical (unpaired) electrons. The molecule has 0 aliphatic carbocycles. The van der Waals surface area contributed by atoms with Crippen molar-refractivity contribution in [3.05, 3.63) is 27.7 Å². The lowest BCUT2D eigenvalue weighted by Gasteiger charge is -2.08. The summed E-state index contributed by atoms with van der Waals surface area (Å²) >= 11 is 9.05. The third-order valence-electron chi connectivity index (χ3n) is 1.96. The lowest BCUT2D eigenvalue weighted by molar-refractivity contribution is 0.598. The first-order valence-corrected chi connectivity index (χ1v) is 7.72. The molecule has 1 N–H and O–H groups in total. The van der Waals surface area contributed by atoms with E-state index in [9.17, 15) is 8.42 Å². The van der Waals surface area contributed by atoms with Gasteiger partial charge in [-0.1, -0.05) is 24.9 Å². The van der Waals surface area contributed by atoms with Crippen LogP contribution in [0.2, 0.25) is 5.02 Å². The summed E-state index contributed by atoms with van der Waals surface area (Å²) in [5.74, 6) is 0.143. The minimum Gasteiger partial charge on any atom is -0.284 e. The summed E-state index contributed by atoms with van der Waals surface area (Å²) in [6.07, 6.45) is 1.51. The largest absolute Gasteiger partial charge is 0.284 e. The molecule has 6 heteroatoms. The molecule has 0 aromatic heterocycles. The highest BCUT2D eigenvalue weighted by Gasteiger charge is 2.10. The average molecular weight is 327 g/mol. The topological polar surface area (TPSA) is 46.2 Å². The molecule has 90 valence electrons. The summed E-state index contributed by atoms with van der Waals surface area (Å²) in [7, 11) is -3.24. The van der Waals surface area contributed by atoms with E-state index in [1.807, 2.05) is 6.92 Å². The molecule has 0 bridgehead atoms. The van der Waals surface area contributed by atoms with Crippen LogP contribution in [-0.4, -0.2) is 14.2 Å². The first kappa shape index (κ1) is 13.8. The van der Waals surface area contributed by atoms with Crippen LogP contribution in [0.5, 0.6) is 0 Å². The van der Waals surface area contributed by atoms with Gasteiger partial charge in [0.2, 0.25) is 10.0 Å². The Morgan fingerprint density at radius 2 is 2.12 bits per heavy atom. The van der Waals surface area contributed by atoms with Gasteiger partial charge in [0.05, 0.1) is 10.8 Å². The van der Waals surface area contributed by atoms with Gasteiger partial charge >= 0.3 is 0 Å². The van der Waals surface area contributed by atoms with Crippen molar-refractivity contribution in [3.63, 3.8) is 0 Å². The predicted octanol–water partition coefficient (Wildman–Crippen LogP) is 3.64. The quantitative estimate of drug-likeness (QED) is 0.898. The molecule has 0 saturated carbocycles. The van der Waals surface area contributed by atoms with Gasteiger partial charge in [-0.25, -0.2) is 8.42 Å². The van der Waals surface area contributed by atoms with Gasteiger partial charge in [0.25, 0.3) is 0 Å². The Morgan fingerprint density at radius 1 is 1.44 bits per heavy atom. The van der Waals surface area contributed by atoms with Crippen LogP contribution >= 0.6 is 27.5 Å². The molecule has 0 unspecified atom stereocenters. The number of halogens is 2. The molecule has 0 fully saturated rings. The zero-order valence-corrected chi connectivity index (χ0v) is 12.0. The highest BCUT2D eigenvalue weighted by Crippen LogP contribution is 2.26. The van der Waals surface area contributed by atoms with E-state index in [1.54, 1.807) is 18.2 Å². The second kappa shape index (κ2) is 5.89. The van der Waals surface area contributed by atoms with Crippen LogP contribution in [0.1, 0.15) is 19.8 Å². The minimum absolute atomic E-state index is 0.143. The third-order valence-corrected chi connectivity index (χ3v) is 4.55. The Labute approximate surface area is 109 Å². The van der Waals surface area contributed by atoms with Crippen molar-refractivity contribution in [2.45, 2.75) is 19.8 Å². The highest BCUT2D eigenvalue weighted by molar-refractivity contribution is 9.10. The number of anilines is 1.